The second-order valence-electron chi connectivity index (χ2n) is 7.29. The second-order valence-corrected chi connectivity index (χ2v) is 8.20. The number of anilines is 1. The summed E-state index contributed by atoms with van der Waals surface area (Å²) in [6, 6.07) is 15.7. The predicted molar refractivity (Wildman–Crippen MR) is 109 cm³/mol. The lowest BCUT2D eigenvalue weighted by atomic mass is 9.89. The molecule has 0 aliphatic heterocycles. The van der Waals surface area contributed by atoms with E-state index in [9.17, 15) is 4.79 Å². The smallest absolute Gasteiger partial charge is 0.408 e. The average molecular weight is 415 g/mol. The topological polar surface area (TPSA) is 50.4 Å². The van der Waals surface area contributed by atoms with Crippen molar-refractivity contribution in [3.8, 4) is 0 Å². The zero-order valence-corrected chi connectivity index (χ0v) is 16.7. The number of alkyl carbamates (subject to hydrolysis) is 1. The van der Waals surface area contributed by atoms with Crippen molar-refractivity contribution in [3.63, 3.8) is 0 Å². The number of hydrogen-bond acceptors (Lipinski definition) is 3. The molecular weight excluding hydrogens is 392 g/mol. The Morgan fingerprint density at radius 3 is 2.46 bits per heavy atom. The number of nitrogens with one attached hydrogen (secondary N) is 2. The van der Waals surface area contributed by atoms with Crippen LogP contribution in [0.25, 0.3) is 6.08 Å². The molecule has 1 aliphatic carbocycles. The maximum Gasteiger partial charge on any atom is 0.408 e. The molecule has 136 valence electrons. The van der Waals surface area contributed by atoms with Gasteiger partial charge in [0.05, 0.1) is 12.1 Å². The molecule has 0 fully saturated rings. The monoisotopic (exact) mass is 414 g/mol. The van der Waals surface area contributed by atoms with Gasteiger partial charge in [-0.05, 0) is 56.2 Å². The number of carbonyl (C=O) groups is 1. The minimum absolute atomic E-state index is 0.0846. The van der Waals surface area contributed by atoms with Crippen molar-refractivity contribution in [2.45, 2.75) is 38.5 Å². The Balaban J connectivity index is 1.84. The lowest BCUT2D eigenvalue weighted by Gasteiger charge is -2.32. The van der Waals surface area contributed by atoms with Crippen LogP contribution in [-0.4, -0.2) is 17.7 Å². The summed E-state index contributed by atoms with van der Waals surface area (Å²) in [6.45, 7) is 5.58. The van der Waals surface area contributed by atoms with Crippen LogP contribution in [0.1, 0.15) is 37.9 Å². The van der Waals surface area contributed by atoms with E-state index in [-0.39, 0.29) is 12.1 Å². The summed E-state index contributed by atoms with van der Waals surface area (Å²) in [7, 11) is 0. The Labute approximate surface area is 162 Å². The molecule has 3 rings (SSSR count). The van der Waals surface area contributed by atoms with Gasteiger partial charge in [0.15, 0.2) is 0 Å². The third-order valence-electron chi connectivity index (χ3n) is 4.02. The van der Waals surface area contributed by atoms with E-state index in [2.05, 4.69) is 38.7 Å². The van der Waals surface area contributed by atoms with Gasteiger partial charge in [-0.3, -0.25) is 0 Å². The van der Waals surface area contributed by atoms with Crippen LogP contribution in [0.15, 0.2) is 59.1 Å². The van der Waals surface area contributed by atoms with Crippen molar-refractivity contribution in [2.75, 3.05) is 5.32 Å². The number of fused-ring (bicyclic) bond motifs is 1. The molecule has 2 atom stereocenters. The van der Waals surface area contributed by atoms with E-state index < -0.39 is 11.7 Å². The third kappa shape index (κ3) is 4.67. The Hall–Kier alpha value is -2.27. The van der Waals surface area contributed by atoms with E-state index in [1.54, 1.807) is 0 Å². The fourth-order valence-corrected chi connectivity index (χ4v) is 3.19. The molecule has 2 aromatic rings. The largest absolute Gasteiger partial charge is 0.444 e. The number of halogens is 1. The first kappa shape index (κ1) is 18.5. The molecule has 0 unspecified atom stereocenters. The highest BCUT2D eigenvalue weighted by Gasteiger charge is 2.29. The summed E-state index contributed by atoms with van der Waals surface area (Å²) < 4.78 is 6.49. The van der Waals surface area contributed by atoms with Gasteiger partial charge >= 0.3 is 6.09 Å². The predicted octanol–water partition coefficient (Wildman–Crippen LogP) is 5.52. The number of benzene rings is 2. The van der Waals surface area contributed by atoms with Crippen LogP contribution in [0.4, 0.5) is 10.5 Å². The van der Waals surface area contributed by atoms with Gasteiger partial charge in [-0.1, -0.05) is 52.3 Å². The molecule has 1 amide bonds. The standard InChI is InChI=1S/C21H23BrN2O2/c1-21(2,3)26-20(25)24-19-17-7-5-4-6-14(17)8-13-18(19)23-16-11-9-15(22)10-12-16/h4-13,18-19,23H,1-3H3,(H,24,25)/t18-,19-/m1/s1. The molecule has 4 nitrogen and oxygen atoms in total. The zero-order valence-electron chi connectivity index (χ0n) is 15.1. The van der Waals surface area contributed by atoms with Gasteiger partial charge in [0.25, 0.3) is 0 Å². The van der Waals surface area contributed by atoms with E-state index in [4.69, 9.17) is 4.74 Å². The highest BCUT2D eigenvalue weighted by molar-refractivity contribution is 9.10. The maximum absolute atomic E-state index is 12.4. The van der Waals surface area contributed by atoms with Gasteiger partial charge in [0.2, 0.25) is 0 Å². The molecular formula is C21H23BrN2O2. The van der Waals surface area contributed by atoms with E-state index >= 15 is 0 Å². The van der Waals surface area contributed by atoms with E-state index in [0.29, 0.717) is 0 Å². The van der Waals surface area contributed by atoms with Crippen molar-refractivity contribution in [1.29, 1.82) is 0 Å². The van der Waals surface area contributed by atoms with Crippen molar-refractivity contribution in [3.05, 3.63) is 70.2 Å². The lowest BCUT2D eigenvalue weighted by molar-refractivity contribution is 0.0501. The molecule has 26 heavy (non-hydrogen) atoms. The van der Waals surface area contributed by atoms with Crippen molar-refractivity contribution in [1.82, 2.24) is 5.32 Å². The number of rotatable bonds is 3. The molecule has 2 N–H and O–H groups in total. The molecule has 0 bridgehead atoms. The average Bonchev–Trinajstić information content (AvgIpc) is 2.57. The normalized spacial score (nSPS) is 18.8. The Kier molecular flexibility index (Phi) is 5.37. The number of amides is 1. The van der Waals surface area contributed by atoms with Crippen molar-refractivity contribution < 1.29 is 9.53 Å². The summed E-state index contributed by atoms with van der Waals surface area (Å²) in [5.74, 6) is 0. The Morgan fingerprint density at radius 1 is 1.08 bits per heavy atom. The summed E-state index contributed by atoms with van der Waals surface area (Å²) >= 11 is 3.45. The number of carbonyl (C=O) groups excluding carboxylic acids is 1. The summed E-state index contributed by atoms with van der Waals surface area (Å²) in [5.41, 5.74) is 2.61. The third-order valence-corrected chi connectivity index (χ3v) is 4.55. The fraction of sp³-hybridized carbons (Fsp3) is 0.286. The molecule has 5 heteroatoms. The molecule has 1 aliphatic rings. The van der Waals surface area contributed by atoms with Gasteiger partial charge < -0.3 is 15.4 Å². The molecule has 2 aromatic carbocycles. The quantitative estimate of drug-likeness (QED) is 0.694. The molecule has 0 heterocycles. The van der Waals surface area contributed by atoms with Gasteiger partial charge in [-0.15, -0.1) is 0 Å². The molecule has 0 saturated carbocycles. The van der Waals surface area contributed by atoms with E-state index in [1.165, 1.54) is 0 Å². The van der Waals surface area contributed by atoms with Gasteiger partial charge in [0, 0.05) is 10.2 Å². The first-order valence-electron chi connectivity index (χ1n) is 8.60. The Bertz CT molecular complexity index is 810. The minimum Gasteiger partial charge on any atom is -0.444 e. The summed E-state index contributed by atoms with van der Waals surface area (Å²) in [5, 5.41) is 6.52. The summed E-state index contributed by atoms with van der Waals surface area (Å²) in [4.78, 5) is 12.4. The Morgan fingerprint density at radius 2 is 1.77 bits per heavy atom. The van der Waals surface area contributed by atoms with Crippen molar-refractivity contribution in [2.24, 2.45) is 0 Å². The van der Waals surface area contributed by atoms with Crippen molar-refractivity contribution >= 4 is 33.8 Å². The molecule has 0 radical (unpaired) electrons. The van der Waals surface area contributed by atoms with E-state index in [0.717, 1.165) is 21.3 Å². The highest BCUT2D eigenvalue weighted by atomic mass is 79.9. The second kappa shape index (κ2) is 7.54. The van der Waals surface area contributed by atoms with Crippen LogP contribution in [0.3, 0.4) is 0 Å². The van der Waals surface area contributed by atoms with Crippen LogP contribution in [-0.2, 0) is 4.74 Å². The van der Waals surface area contributed by atoms with Gasteiger partial charge in [-0.25, -0.2) is 4.79 Å². The lowest BCUT2D eigenvalue weighted by Crippen LogP contribution is -2.42. The van der Waals surface area contributed by atoms with E-state index in [1.807, 2.05) is 69.3 Å². The first-order valence-corrected chi connectivity index (χ1v) is 9.40. The highest BCUT2D eigenvalue weighted by Crippen LogP contribution is 2.30. The number of hydrogen-bond donors (Lipinski definition) is 2. The van der Waals surface area contributed by atoms with Gasteiger partial charge in [-0.2, -0.15) is 0 Å². The van der Waals surface area contributed by atoms with Crippen LogP contribution in [0, 0.1) is 0 Å². The molecule has 0 aromatic heterocycles. The number of ether oxygens (including phenoxy) is 1. The summed E-state index contributed by atoms with van der Waals surface area (Å²) in [6.07, 6.45) is 3.74. The van der Waals surface area contributed by atoms with Crippen LogP contribution < -0.4 is 10.6 Å². The molecule has 0 spiro atoms. The van der Waals surface area contributed by atoms with Crippen LogP contribution in [0.5, 0.6) is 0 Å². The van der Waals surface area contributed by atoms with Gasteiger partial charge in [0.1, 0.15) is 5.60 Å². The molecule has 0 saturated heterocycles. The van der Waals surface area contributed by atoms with Crippen LogP contribution in [0.2, 0.25) is 0 Å². The SMILES string of the molecule is CC(C)(C)OC(=O)N[C@@H]1c2ccccc2C=C[C@H]1Nc1ccc(Br)cc1. The van der Waals surface area contributed by atoms with Crippen LogP contribution >= 0.6 is 15.9 Å². The fourth-order valence-electron chi connectivity index (χ4n) is 2.93. The zero-order chi connectivity index (χ0) is 18.7. The maximum atomic E-state index is 12.4. The minimum atomic E-state index is -0.539. The first-order chi connectivity index (χ1) is 12.3.